The fourth-order valence-corrected chi connectivity index (χ4v) is 5.39. The van der Waals surface area contributed by atoms with Crippen LogP contribution in [0.4, 0.5) is 0 Å². The van der Waals surface area contributed by atoms with E-state index >= 15 is 0 Å². The zero-order chi connectivity index (χ0) is 22.2. The van der Waals surface area contributed by atoms with Gasteiger partial charge in [-0.05, 0) is 55.7 Å². The molecule has 1 saturated heterocycles. The molecule has 0 aromatic heterocycles. The lowest BCUT2D eigenvalue weighted by atomic mass is 10.1. The number of halogens is 1. The summed E-state index contributed by atoms with van der Waals surface area (Å²) in [4.78, 5) is 26.9. The second kappa shape index (κ2) is 8.61. The standard InChI is InChI=1S/C22H24ClN3O4S/c1-15(16-5-7-18(23)8-6-16)26(19-9-10-19)22(28)17-3-2-4-20(13-17)31(29,30)25-12-11-24-21(27)14-25/h2-8,13,15,19H,9-12,14H2,1H3,(H,24,27). The normalized spacial score (nSPS) is 18.3. The molecule has 2 fully saturated rings. The molecule has 7 nitrogen and oxygen atoms in total. The van der Waals surface area contributed by atoms with E-state index in [0.717, 1.165) is 22.7 Å². The Morgan fingerprint density at radius 2 is 1.90 bits per heavy atom. The highest BCUT2D eigenvalue weighted by Crippen LogP contribution is 2.36. The van der Waals surface area contributed by atoms with Gasteiger partial charge in [-0.3, -0.25) is 9.59 Å². The van der Waals surface area contributed by atoms with Crippen molar-refractivity contribution in [2.24, 2.45) is 0 Å². The Balaban J connectivity index is 1.62. The molecule has 1 saturated carbocycles. The maximum atomic E-state index is 13.4. The summed E-state index contributed by atoms with van der Waals surface area (Å²) in [5.41, 5.74) is 1.28. The maximum absolute atomic E-state index is 13.4. The number of sulfonamides is 1. The first kappa shape index (κ1) is 21.8. The first-order chi connectivity index (χ1) is 14.8. The molecule has 2 aliphatic rings. The van der Waals surface area contributed by atoms with Gasteiger partial charge in [0.25, 0.3) is 5.91 Å². The van der Waals surface area contributed by atoms with Gasteiger partial charge < -0.3 is 10.2 Å². The van der Waals surface area contributed by atoms with Gasteiger partial charge in [0.05, 0.1) is 17.5 Å². The number of carbonyl (C=O) groups is 2. The van der Waals surface area contributed by atoms with Crippen LogP contribution in [0, 0.1) is 0 Å². The number of carbonyl (C=O) groups excluding carboxylic acids is 2. The molecule has 1 unspecified atom stereocenters. The second-order valence-electron chi connectivity index (χ2n) is 7.89. The highest BCUT2D eigenvalue weighted by molar-refractivity contribution is 7.89. The van der Waals surface area contributed by atoms with Crippen LogP contribution in [0.5, 0.6) is 0 Å². The van der Waals surface area contributed by atoms with Crippen molar-refractivity contribution in [1.29, 1.82) is 0 Å². The molecule has 2 amide bonds. The number of amides is 2. The van der Waals surface area contributed by atoms with Crippen molar-refractivity contribution in [3.8, 4) is 0 Å². The van der Waals surface area contributed by atoms with Crippen molar-refractivity contribution in [2.75, 3.05) is 19.6 Å². The summed E-state index contributed by atoms with van der Waals surface area (Å²) in [7, 11) is -3.87. The minimum atomic E-state index is -3.87. The molecular weight excluding hydrogens is 438 g/mol. The lowest BCUT2D eigenvalue weighted by Crippen LogP contribution is -2.49. The Morgan fingerprint density at radius 1 is 1.19 bits per heavy atom. The maximum Gasteiger partial charge on any atom is 0.254 e. The molecule has 1 N–H and O–H groups in total. The first-order valence-corrected chi connectivity index (χ1v) is 12.0. The van der Waals surface area contributed by atoms with E-state index in [4.69, 9.17) is 11.6 Å². The molecule has 1 aliphatic heterocycles. The molecule has 1 aliphatic carbocycles. The van der Waals surface area contributed by atoms with E-state index in [1.807, 2.05) is 24.0 Å². The van der Waals surface area contributed by atoms with Crippen LogP contribution in [0.15, 0.2) is 53.4 Å². The van der Waals surface area contributed by atoms with Crippen LogP contribution in [0.25, 0.3) is 0 Å². The molecule has 0 bridgehead atoms. The average Bonchev–Trinajstić information content (AvgIpc) is 3.59. The van der Waals surface area contributed by atoms with Gasteiger partial charge >= 0.3 is 0 Å². The molecule has 1 atom stereocenters. The van der Waals surface area contributed by atoms with E-state index < -0.39 is 10.0 Å². The summed E-state index contributed by atoms with van der Waals surface area (Å²) in [6.45, 7) is 2.22. The summed E-state index contributed by atoms with van der Waals surface area (Å²) < 4.78 is 27.2. The third-order valence-corrected chi connectivity index (χ3v) is 7.76. The van der Waals surface area contributed by atoms with Crippen molar-refractivity contribution < 1.29 is 18.0 Å². The third kappa shape index (κ3) is 4.61. The number of nitrogens with one attached hydrogen (secondary N) is 1. The number of nitrogens with zero attached hydrogens (tertiary/aromatic N) is 2. The lowest BCUT2D eigenvalue weighted by Gasteiger charge is -2.30. The fraction of sp³-hybridized carbons (Fsp3) is 0.364. The summed E-state index contributed by atoms with van der Waals surface area (Å²) in [5.74, 6) is -0.544. The Bertz CT molecular complexity index is 1100. The number of piperazine rings is 1. The Labute approximate surface area is 187 Å². The molecular formula is C22H24ClN3O4S. The van der Waals surface area contributed by atoms with Crippen molar-refractivity contribution in [1.82, 2.24) is 14.5 Å². The monoisotopic (exact) mass is 461 g/mol. The van der Waals surface area contributed by atoms with E-state index in [0.29, 0.717) is 10.6 Å². The second-order valence-corrected chi connectivity index (χ2v) is 10.3. The molecule has 31 heavy (non-hydrogen) atoms. The smallest absolute Gasteiger partial charge is 0.254 e. The van der Waals surface area contributed by atoms with E-state index in [1.165, 1.54) is 12.1 Å². The van der Waals surface area contributed by atoms with Crippen LogP contribution in [0.3, 0.4) is 0 Å². The average molecular weight is 462 g/mol. The minimum Gasteiger partial charge on any atom is -0.354 e. The summed E-state index contributed by atoms with van der Waals surface area (Å²) >= 11 is 6.00. The molecule has 0 spiro atoms. The number of benzene rings is 2. The lowest BCUT2D eigenvalue weighted by molar-refractivity contribution is -0.122. The predicted octanol–water partition coefficient (Wildman–Crippen LogP) is 2.83. The molecule has 2 aromatic carbocycles. The van der Waals surface area contributed by atoms with Crippen molar-refractivity contribution in [3.63, 3.8) is 0 Å². The number of hydrogen-bond donors (Lipinski definition) is 1. The van der Waals surface area contributed by atoms with Crippen LogP contribution in [-0.4, -0.2) is 55.1 Å². The van der Waals surface area contributed by atoms with Gasteiger partial charge in [0.15, 0.2) is 0 Å². The van der Waals surface area contributed by atoms with Gasteiger partial charge in [0, 0.05) is 29.7 Å². The van der Waals surface area contributed by atoms with Crippen LogP contribution in [0.1, 0.15) is 41.7 Å². The fourth-order valence-electron chi connectivity index (χ4n) is 3.82. The zero-order valence-corrected chi connectivity index (χ0v) is 18.7. The minimum absolute atomic E-state index is 0.0166. The Kier molecular flexibility index (Phi) is 6.05. The molecule has 4 rings (SSSR count). The number of rotatable bonds is 6. The quantitative estimate of drug-likeness (QED) is 0.716. The van der Waals surface area contributed by atoms with E-state index in [-0.39, 0.29) is 48.4 Å². The SMILES string of the molecule is CC(c1ccc(Cl)cc1)N(C(=O)c1cccc(S(=O)(=O)N2CCNC(=O)C2)c1)C1CC1. The molecule has 9 heteroatoms. The van der Waals surface area contributed by atoms with E-state index in [9.17, 15) is 18.0 Å². The van der Waals surface area contributed by atoms with Gasteiger partial charge in [0.2, 0.25) is 15.9 Å². The molecule has 2 aromatic rings. The van der Waals surface area contributed by atoms with Gasteiger partial charge in [-0.15, -0.1) is 0 Å². The molecule has 1 heterocycles. The van der Waals surface area contributed by atoms with Gasteiger partial charge in [-0.25, -0.2) is 8.42 Å². The highest BCUT2D eigenvalue weighted by atomic mass is 35.5. The number of hydrogen-bond acceptors (Lipinski definition) is 4. The van der Waals surface area contributed by atoms with Crippen LogP contribution in [0.2, 0.25) is 5.02 Å². The van der Waals surface area contributed by atoms with Crippen LogP contribution in [-0.2, 0) is 14.8 Å². The van der Waals surface area contributed by atoms with Crippen LogP contribution < -0.4 is 5.32 Å². The Morgan fingerprint density at radius 3 is 2.55 bits per heavy atom. The van der Waals surface area contributed by atoms with E-state index in [1.54, 1.807) is 24.3 Å². The highest BCUT2D eigenvalue weighted by Gasteiger charge is 2.37. The zero-order valence-electron chi connectivity index (χ0n) is 17.1. The largest absolute Gasteiger partial charge is 0.354 e. The molecule has 0 radical (unpaired) electrons. The summed E-state index contributed by atoms with van der Waals surface area (Å²) in [6.07, 6.45) is 1.84. The van der Waals surface area contributed by atoms with Gasteiger partial charge in [-0.1, -0.05) is 29.8 Å². The predicted molar refractivity (Wildman–Crippen MR) is 117 cm³/mol. The van der Waals surface area contributed by atoms with Gasteiger partial charge in [-0.2, -0.15) is 4.31 Å². The van der Waals surface area contributed by atoms with Crippen LogP contribution >= 0.6 is 11.6 Å². The van der Waals surface area contributed by atoms with Crippen molar-refractivity contribution >= 4 is 33.4 Å². The topological polar surface area (TPSA) is 86.8 Å². The third-order valence-electron chi connectivity index (χ3n) is 5.67. The molecule has 164 valence electrons. The van der Waals surface area contributed by atoms with Crippen molar-refractivity contribution in [2.45, 2.75) is 36.7 Å². The van der Waals surface area contributed by atoms with Gasteiger partial charge in [0.1, 0.15) is 0 Å². The van der Waals surface area contributed by atoms with Crippen molar-refractivity contribution in [3.05, 3.63) is 64.7 Å². The van der Waals surface area contributed by atoms with E-state index in [2.05, 4.69) is 5.32 Å². The first-order valence-electron chi connectivity index (χ1n) is 10.2. The Hall–Kier alpha value is -2.42. The summed E-state index contributed by atoms with van der Waals surface area (Å²) in [5, 5.41) is 3.25. The summed E-state index contributed by atoms with van der Waals surface area (Å²) in [6, 6.07) is 13.4.